The van der Waals surface area contributed by atoms with Gasteiger partial charge in [0.2, 0.25) is 0 Å². The van der Waals surface area contributed by atoms with Crippen molar-refractivity contribution in [3.05, 3.63) is 35.9 Å². The summed E-state index contributed by atoms with van der Waals surface area (Å²) in [5.41, 5.74) is 6.29. The van der Waals surface area contributed by atoms with Crippen LogP contribution >= 0.6 is 0 Å². The molecule has 0 heterocycles. The minimum atomic E-state index is -1.30. The first-order chi connectivity index (χ1) is 14.2. The smallest absolute Gasteiger partial charge is 0.408 e. The molecule has 1 aliphatic rings. The Morgan fingerprint density at radius 2 is 1.80 bits per heavy atom. The highest BCUT2D eigenvalue weighted by Gasteiger charge is 2.37. The van der Waals surface area contributed by atoms with Crippen molar-refractivity contribution in [3.8, 4) is 0 Å². The van der Waals surface area contributed by atoms with Gasteiger partial charge in [-0.05, 0) is 38.7 Å². The Labute approximate surface area is 179 Å². The van der Waals surface area contributed by atoms with E-state index >= 15 is 0 Å². The lowest BCUT2D eigenvalue weighted by molar-refractivity contribution is -0.161. The number of nitrogens with two attached hydrogens (primary N) is 1. The van der Waals surface area contributed by atoms with Gasteiger partial charge in [-0.25, -0.2) is 9.59 Å². The minimum absolute atomic E-state index is 0.0535. The van der Waals surface area contributed by atoms with E-state index in [1.807, 2.05) is 30.3 Å². The summed E-state index contributed by atoms with van der Waals surface area (Å²) >= 11 is 0. The summed E-state index contributed by atoms with van der Waals surface area (Å²) in [6.45, 7) is 5.23. The molecule has 0 aliphatic heterocycles. The number of carbonyl (C=O) groups excluding carboxylic acids is 2. The van der Waals surface area contributed by atoms with Crippen LogP contribution in [0.1, 0.15) is 64.9 Å². The third-order valence-electron chi connectivity index (χ3n) is 5.26. The van der Waals surface area contributed by atoms with Crippen LogP contribution in [0.3, 0.4) is 0 Å². The van der Waals surface area contributed by atoms with Crippen LogP contribution in [0.5, 0.6) is 0 Å². The van der Waals surface area contributed by atoms with Crippen molar-refractivity contribution in [2.75, 3.05) is 0 Å². The molecular weight excluding hydrogens is 384 g/mol. The average molecular weight is 421 g/mol. The predicted molar refractivity (Wildman–Crippen MR) is 115 cm³/mol. The highest BCUT2D eigenvalue weighted by atomic mass is 16.6. The summed E-state index contributed by atoms with van der Waals surface area (Å²) in [5.74, 6) is -0.307. The van der Waals surface area contributed by atoms with E-state index in [4.69, 9.17) is 15.2 Å². The van der Waals surface area contributed by atoms with Crippen molar-refractivity contribution in [2.24, 2.45) is 11.7 Å². The highest BCUT2D eigenvalue weighted by molar-refractivity contribution is 5.82. The Bertz CT molecular complexity index is 668. The largest absolute Gasteiger partial charge is 0.458 e. The van der Waals surface area contributed by atoms with Crippen LogP contribution in [0.15, 0.2) is 30.3 Å². The van der Waals surface area contributed by atoms with Crippen molar-refractivity contribution in [1.29, 1.82) is 0 Å². The van der Waals surface area contributed by atoms with Crippen molar-refractivity contribution in [3.63, 3.8) is 0 Å². The van der Waals surface area contributed by atoms with E-state index in [2.05, 4.69) is 5.32 Å². The molecule has 1 amide bonds. The summed E-state index contributed by atoms with van der Waals surface area (Å²) < 4.78 is 10.6. The quantitative estimate of drug-likeness (QED) is 0.557. The van der Waals surface area contributed by atoms with Gasteiger partial charge in [-0.15, -0.1) is 0 Å². The molecule has 1 saturated carbocycles. The van der Waals surface area contributed by atoms with Crippen molar-refractivity contribution in [2.45, 2.75) is 89.7 Å². The number of carbonyl (C=O) groups is 2. The van der Waals surface area contributed by atoms with Crippen molar-refractivity contribution in [1.82, 2.24) is 5.32 Å². The van der Waals surface area contributed by atoms with Gasteiger partial charge in [0, 0.05) is 6.04 Å². The van der Waals surface area contributed by atoms with E-state index < -0.39 is 35.9 Å². The van der Waals surface area contributed by atoms with Gasteiger partial charge in [-0.3, -0.25) is 0 Å². The second-order valence-corrected chi connectivity index (χ2v) is 9.11. The van der Waals surface area contributed by atoms with E-state index in [-0.39, 0.29) is 6.61 Å². The minimum Gasteiger partial charge on any atom is -0.458 e. The van der Waals surface area contributed by atoms with Crippen molar-refractivity contribution < 1.29 is 24.2 Å². The van der Waals surface area contributed by atoms with Crippen LogP contribution in [0.2, 0.25) is 0 Å². The Kier molecular flexibility index (Phi) is 9.11. The zero-order valence-corrected chi connectivity index (χ0v) is 18.3. The number of hydrogen-bond donors (Lipinski definition) is 3. The van der Waals surface area contributed by atoms with Gasteiger partial charge in [0.15, 0.2) is 6.04 Å². The van der Waals surface area contributed by atoms with Crippen LogP contribution in [0.25, 0.3) is 0 Å². The Hall–Kier alpha value is -2.12. The molecule has 3 atom stereocenters. The van der Waals surface area contributed by atoms with Gasteiger partial charge in [0.25, 0.3) is 0 Å². The Morgan fingerprint density at radius 3 is 2.40 bits per heavy atom. The molecule has 1 fully saturated rings. The normalized spacial score (nSPS) is 18.2. The van der Waals surface area contributed by atoms with Crippen LogP contribution in [-0.4, -0.2) is 41.0 Å². The summed E-state index contributed by atoms with van der Waals surface area (Å²) in [6, 6.07) is 7.25. The fourth-order valence-electron chi connectivity index (χ4n) is 3.74. The highest BCUT2D eigenvalue weighted by Crippen LogP contribution is 2.28. The fraction of sp³-hybridized carbons (Fsp3) is 0.652. The van der Waals surface area contributed by atoms with Gasteiger partial charge in [-0.2, -0.15) is 0 Å². The second kappa shape index (κ2) is 11.3. The molecule has 1 aliphatic carbocycles. The van der Waals surface area contributed by atoms with Gasteiger partial charge in [0.1, 0.15) is 18.3 Å². The molecular formula is C23H36N2O5. The van der Waals surface area contributed by atoms with Crippen LogP contribution < -0.4 is 11.1 Å². The fourth-order valence-corrected chi connectivity index (χ4v) is 3.74. The molecule has 2 rings (SSSR count). The number of amides is 1. The first-order valence-electron chi connectivity index (χ1n) is 10.8. The van der Waals surface area contributed by atoms with E-state index in [1.165, 1.54) is 6.42 Å². The summed E-state index contributed by atoms with van der Waals surface area (Å²) in [6.07, 6.45) is 4.21. The third kappa shape index (κ3) is 8.32. The van der Waals surface area contributed by atoms with Gasteiger partial charge >= 0.3 is 12.1 Å². The number of aliphatic hydroxyl groups excluding tert-OH is 1. The Morgan fingerprint density at radius 1 is 1.17 bits per heavy atom. The number of hydrogen-bond acceptors (Lipinski definition) is 6. The van der Waals surface area contributed by atoms with E-state index in [0.29, 0.717) is 12.3 Å². The topological polar surface area (TPSA) is 111 Å². The van der Waals surface area contributed by atoms with Crippen LogP contribution in [0.4, 0.5) is 4.79 Å². The molecule has 3 unspecified atom stereocenters. The lowest BCUT2D eigenvalue weighted by Gasteiger charge is -2.32. The van der Waals surface area contributed by atoms with E-state index in [9.17, 15) is 14.7 Å². The first kappa shape index (κ1) is 24.2. The number of alkyl carbamates (subject to hydrolysis) is 1. The molecule has 0 spiro atoms. The maximum absolute atomic E-state index is 12.7. The molecule has 0 bridgehead atoms. The first-order valence-corrected chi connectivity index (χ1v) is 10.8. The predicted octanol–water partition coefficient (Wildman–Crippen LogP) is 3.28. The van der Waals surface area contributed by atoms with Crippen LogP contribution in [-0.2, 0) is 20.9 Å². The van der Waals surface area contributed by atoms with Gasteiger partial charge in [-0.1, -0.05) is 62.4 Å². The SMILES string of the molecule is CC(C)(C)OC(=O)C(NC(=O)OCc1ccccc1)C(O)C(N)CC1CCCCC1. The molecule has 0 aromatic heterocycles. The molecule has 30 heavy (non-hydrogen) atoms. The molecule has 1 aromatic rings. The Balaban J connectivity index is 2.00. The average Bonchev–Trinajstić information content (AvgIpc) is 2.70. The molecule has 7 heteroatoms. The monoisotopic (exact) mass is 420 g/mol. The van der Waals surface area contributed by atoms with E-state index in [0.717, 1.165) is 31.2 Å². The van der Waals surface area contributed by atoms with E-state index in [1.54, 1.807) is 20.8 Å². The van der Waals surface area contributed by atoms with Crippen LogP contribution in [0, 0.1) is 5.92 Å². The summed E-state index contributed by atoms with van der Waals surface area (Å²) in [7, 11) is 0. The lowest BCUT2D eigenvalue weighted by atomic mass is 9.83. The number of rotatable bonds is 8. The zero-order chi connectivity index (χ0) is 22.1. The maximum Gasteiger partial charge on any atom is 0.408 e. The standard InChI is InChI=1S/C23H36N2O5/c1-23(2,3)30-21(27)19(20(26)18(24)14-16-10-6-4-7-11-16)25-22(28)29-15-17-12-8-5-9-13-17/h5,8-9,12-13,16,18-20,26H,4,6-7,10-11,14-15,24H2,1-3H3,(H,25,28). The zero-order valence-electron chi connectivity index (χ0n) is 18.3. The number of nitrogens with one attached hydrogen (secondary N) is 1. The molecule has 168 valence electrons. The molecule has 4 N–H and O–H groups in total. The molecule has 7 nitrogen and oxygen atoms in total. The molecule has 0 saturated heterocycles. The lowest BCUT2D eigenvalue weighted by Crippen LogP contribution is -2.57. The molecule has 1 aromatic carbocycles. The summed E-state index contributed by atoms with van der Waals surface area (Å²) in [4.78, 5) is 25.0. The third-order valence-corrected chi connectivity index (χ3v) is 5.26. The molecule has 0 radical (unpaired) electrons. The number of esters is 1. The number of benzene rings is 1. The van der Waals surface area contributed by atoms with Crippen molar-refractivity contribution >= 4 is 12.1 Å². The maximum atomic E-state index is 12.7. The summed E-state index contributed by atoms with van der Waals surface area (Å²) in [5, 5.41) is 13.3. The van der Waals surface area contributed by atoms with Gasteiger partial charge < -0.3 is 25.6 Å². The number of aliphatic hydroxyl groups is 1. The number of ether oxygens (including phenoxy) is 2. The second-order valence-electron chi connectivity index (χ2n) is 9.11. The van der Waals surface area contributed by atoms with Gasteiger partial charge in [0.05, 0.1) is 0 Å².